The summed E-state index contributed by atoms with van der Waals surface area (Å²) >= 11 is 1.54. The molecule has 148 valence electrons. The highest BCUT2D eigenvalue weighted by molar-refractivity contribution is 7.89. The summed E-state index contributed by atoms with van der Waals surface area (Å²) in [4.78, 5) is 4.87. The summed E-state index contributed by atoms with van der Waals surface area (Å²) in [7, 11) is -3.46. The molecule has 1 aliphatic heterocycles. The fourth-order valence-corrected chi connectivity index (χ4v) is 4.89. The molecule has 0 atom stereocenters. The molecule has 0 aliphatic carbocycles. The minimum atomic E-state index is -3.46. The van der Waals surface area contributed by atoms with Gasteiger partial charge in [0.2, 0.25) is 10.0 Å². The van der Waals surface area contributed by atoms with Gasteiger partial charge in [0.15, 0.2) is 5.13 Å². The summed E-state index contributed by atoms with van der Waals surface area (Å²) in [6.07, 6.45) is 0.927. The van der Waals surface area contributed by atoms with Gasteiger partial charge in [-0.15, -0.1) is 11.3 Å². The van der Waals surface area contributed by atoms with E-state index in [-0.39, 0.29) is 0 Å². The molecule has 1 aromatic heterocycles. The molecule has 0 unspecified atom stereocenters. The zero-order chi connectivity index (χ0) is 19.1. The number of rotatable bonds is 9. The van der Waals surface area contributed by atoms with Gasteiger partial charge in [-0.3, -0.25) is 0 Å². The van der Waals surface area contributed by atoms with Crippen molar-refractivity contribution >= 4 is 26.5 Å². The van der Waals surface area contributed by atoms with Crippen molar-refractivity contribution in [3.63, 3.8) is 0 Å². The number of nitrogens with zero attached hydrogens (tertiary/aromatic N) is 2. The van der Waals surface area contributed by atoms with Crippen LogP contribution in [0, 0.1) is 0 Å². The third-order valence-electron chi connectivity index (χ3n) is 4.21. The van der Waals surface area contributed by atoms with E-state index in [1.54, 1.807) is 24.3 Å². The van der Waals surface area contributed by atoms with Crippen LogP contribution < -0.4 is 5.32 Å². The van der Waals surface area contributed by atoms with Crippen molar-refractivity contribution < 1.29 is 17.9 Å². The third kappa shape index (κ3) is 5.26. The molecule has 1 aromatic carbocycles. The summed E-state index contributed by atoms with van der Waals surface area (Å²) in [6, 6.07) is 6.91. The van der Waals surface area contributed by atoms with Gasteiger partial charge < -0.3 is 14.8 Å². The van der Waals surface area contributed by atoms with Crippen LogP contribution in [0.2, 0.25) is 0 Å². The van der Waals surface area contributed by atoms with E-state index in [1.807, 2.05) is 12.3 Å². The summed E-state index contributed by atoms with van der Waals surface area (Å²) in [5, 5.41) is 6.11. The van der Waals surface area contributed by atoms with Crippen LogP contribution in [0.4, 0.5) is 5.13 Å². The van der Waals surface area contributed by atoms with Crippen molar-refractivity contribution in [3.8, 4) is 11.3 Å². The highest BCUT2D eigenvalue weighted by Gasteiger charge is 2.26. The Morgan fingerprint density at radius 1 is 1.26 bits per heavy atom. The lowest BCUT2D eigenvalue weighted by molar-refractivity contribution is 0.0730. The van der Waals surface area contributed by atoms with Crippen LogP contribution in [-0.4, -0.2) is 63.8 Å². The molecule has 2 heterocycles. The van der Waals surface area contributed by atoms with Crippen molar-refractivity contribution in [2.45, 2.75) is 18.2 Å². The number of hydrogen-bond donors (Lipinski definition) is 1. The van der Waals surface area contributed by atoms with E-state index in [9.17, 15) is 8.42 Å². The molecule has 0 bridgehead atoms. The topological polar surface area (TPSA) is 80.8 Å². The lowest BCUT2D eigenvalue weighted by Gasteiger charge is -2.26. The molecule has 27 heavy (non-hydrogen) atoms. The Hall–Kier alpha value is -1.52. The second-order valence-corrected chi connectivity index (χ2v) is 8.85. The number of ether oxygens (including phenoxy) is 2. The average molecular weight is 412 g/mol. The van der Waals surface area contributed by atoms with Gasteiger partial charge in [-0.05, 0) is 25.5 Å². The number of morpholine rings is 1. The van der Waals surface area contributed by atoms with Crippen molar-refractivity contribution in [2.75, 3.05) is 51.4 Å². The van der Waals surface area contributed by atoms with Gasteiger partial charge in [0.05, 0.1) is 23.8 Å². The van der Waals surface area contributed by atoms with Gasteiger partial charge in [-0.1, -0.05) is 12.1 Å². The molecule has 1 saturated heterocycles. The monoisotopic (exact) mass is 411 g/mol. The number of nitrogens with one attached hydrogen (secondary N) is 1. The molecule has 7 nitrogen and oxygen atoms in total. The van der Waals surface area contributed by atoms with E-state index < -0.39 is 10.0 Å². The Labute approximate surface area is 164 Å². The summed E-state index contributed by atoms with van der Waals surface area (Å²) < 4.78 is 37.4. The van der Waals surface area contributed by atoms with E-state index in [4.69, 9.17) is 9.47 Å². The first-order chi connectivity index (χ1) is 13.1. The van der Waals surface area contributed by atoms with Crippen molar-refractivity contribution in [1.29, 1.82) is 0 Å². The normalized spacial score (nSPS) is 15.7. The minimum Gasteiger partial charge on any atom is -0.382 e. The van der Waals surface area contributed by atoms with Crippen molar-refractivity contribution in [1.82, 2.24) is 9.29 Å². The summed E-state index contributed by atoms with van der Waals surface area (Å²) in [5.41, 5.74) is 1.73. The van der Waals surface area contributed by atoms with E-state index in [0.717, 1.165) is 42.6 Å². The first kappa shape index (κ1) is 20.2. The van der Waals surface area contributed by atoms with E-state index in [2.05, 4.69) is 10.3 Å². The maximum absolute atomic E-state index is 12.7. The standard InChI is InChI=1S/C18H25N3O4S2/c1-2-24-11-3-8-19-18-20-17(14-26-18)15-4-6-16(7-5-15)27(22,23)21-9-12-25-13-10-21/h4-7,14H,2-3,8-13H2,1H3,(H,19,20). The Kier molecular flexibility index (Phi) is 7.20. The maximum atomic E-state index is 12.7. The molecule has 2 aromatic rings. The maximum Gasteiger partial charge on any atom is 0.243 e. The lowest BCUT2D eigenvalue weighted by Crippen LogP contribution is -2.40. The molecule has 0 saturated carbocycles. The van der Waals surface area contributed by atoms with Gasteiger partial charge in [0.1, 0.15) is 0 Å². The van der Waals surface area contributed by atoms with Crippen LogP contribution in [0.5, 0.6) is 0 Å². The summed E-state index contributed by atoms with van der Waals surface area (Å²) in [6.45, 7) is 5.94. The van der Waals surface area contributed by atoms with Gasteiger partial charge in [-0.2, -0.15) is 4.31 Å². The number of sulfonamides is 1. The summed E-state index contributed by atoms with van der Waals surface area (Å²) in [5.74, 6) is 0. The van der Waals surface area contributed by atoms with Crippen LogP contribution in [0.1, 0.15) is 13.3 Å². The van der Waals surface area contributed by atoms with Crippen LogP contribution in [0.15, 0.2) is 34.5 Å². The Morgan fingerprint density at radius 2 is 2.00 bits per heavy atom. The predicted octanol–water partition coefficient (Wildman–Crippen LogP) is 2.67. The quantitative estimate of drug-likeness (QED) is 0.639. The largest absolute Gasteiger partial charge is 0.382 e. The minimum absolute atomic E-state index is 0.303. The number of thiazole rings is 1. The first-order valence-electron chi connectivity index (χ1n) is 9.06. The lowest BCUT2D eigenvalue weighted by atomic mass is 10.2. The predicted molar refractivity (Wildman–Crippen MR) is 107 cm³/mol. The van der Waals surface area contributed by atoms with Gasteiger partial charge in [0, 0.05) is 43.8 Å². The van der Waals surface area contributed by atoms with Crippen LogP contribution in [0.25, 0.3) is 11.3 Å². The molecular weight excluding hydrogens is 386 g/mol. The molecule has 0 amide bonds. The first-order valence-corrected chi connectivity index (χ1v) is 11.4. The average Bonchev–Trinajstić information content (AvgIpc) is 3.17. The molecule has 3 rings (SSSR count). The zero-order valence-corrected chi connectivity index (χ0v) is 17.0. The Bertz CT molecular complexity index is 815. The molecule has 1 N–H and O–H groups in total. The molecule has 1 aliphatic rings. The number of aromatic nitrogens is 1. The van der Waals surface area contributed by atoms with Crippen molar-refractivity contribution in [2.24, 2.45) is 0 Å². The van der Waals surface area contributed by atoms with Gasteiger partial charge in [0.25, 0.3) is 0 Å². The molecule has 9 heteroatoms. The fraction of sp³-hybridized carbons (Fsp3) is 0.500. The second kappa shape index (κ2) is 9.61. The Morgan fingerprint density at radius 3 is 2.70 bits per heavy atom. The highest BCUT2D eigenvalue weighted by Crippen LogP contribution is 2.26. The van der Waals surface area contributed by atoms with Gasteiger partial charge >= 0.3 is 0 Å². The molecule has 0 radical (unpaired) electrons. The zero-order valence-electron chi connectivity index (χ0n) is 15.4. The second-order valence-electron chi connectivity index (χ2n) is 6.06. The van der Waals surface area contributed by atoms with Crippen molar-refractivity contribution in [3.05, 3.63) is 29.6 Å². The van der Waals surface area contributed by atoms with E-state index >= 15 is 0 Å². The number of benzene rings is 1. The van der Waals surface area contributed by atoms with Gasteiger partial charge in [-0.25, -0.2) is 13.4 Å². The highest BCUT2D eigenvalue weighted by atomic mass is 32.2. The van der Waals surface area contributed by atoms with Crippen LogP contribution in [0.3, 0.4) is 0 Å². The molecule has 0 spiro atoms. The fourth-order valence-electron chi connectivity index (χ4n) is 2.74. The van der Waals surface area contributed by atoms with Crippen LogP contribution in [-0.2, 0) is 19.5 Å². The third-order valence-corrected chi connectivity index (χ3v) is 6.92. The smallest absolute Gasteiger partial charge is 0.243 e. The van der Waals surface area contributed by atoms with E-state index in [1.165, 1.54) is 15.6 Å². The Balaban J connectivity index is 1.62. The molecule has 1 fully saturated rings. The number of anilines is 1. The van der Waals surface area contributed by atoms with E-state index in [0.29, 0.717) is 31.2 Å². The molecular formula is C18H25N3O4S2. The SMILES string of the molecule is CCOCCCNc1nc(-c2ccc(S(=O)(=O)N3CCOCC3)cc2)cs1. The van der Waals surface area contributed by atoms with Crippen LogP contribution >= 0.6 is 11.3 Å². The number of hydrogen-bond acceptors (Lipinski definition) is 7.